The van der Waals surface area contributed by atoms with Gasteiger partial charge in [-0.15, -0.1) is 11.3 Å². The summed E-state index contributed by atoms with van der Waals surface area (Å²) in [6.07, 6.45) is 0.356. The van der Waals surface area contributed by atoms with Crippen LogP contribution in [0.5, 0.6) is 5.75 Å². The third-order valence-corrected chi connectivity index (χ3v) is 4.23. The smallest absolute Gasteiger partial charge is 0.350 e. The first kappa shape index (κ1) is 14.0. The van der Waals surface area contributed by atoms with Gasteiger partial charge in [0.1, 0.15) is 15.6 Å². The molecular weight excluding hydrogens is 268 g/mol. The van der Waals surface area contributed by atoms with Crippen LogP contribution in [0.3, 0.4) is 0 Å². The molecule has 1 fully saturated rings. The summed E-state index contributed by atoms with van der Waals surface area (Å²) in [5.74, 6) is 0.0523. The van der Waals surface area contributed by atoms with E-state index in [4.69, 9.17) is 15.2 Å². The van der Waals surface area contributed by atoms with Crippen LogP contribution in [0, 0.1) is 0 Å². The Labute approximate surface area is 115 Å². The summed E-state index contributed by atoms with van der Waals surface area (Å²) in [5.41, 5.74) is 6.25. The highest BCUT2D eigenvalue weighted by molar-refractivity contribution is 7.19. The zero-order chi connectivity index (χ0) is 14.0. The molecule has 2 heterocycles. The number of aliphatic hydroxyl groups is 1. The van der Waals surface area contributed by atoms with Crippen LogP contribution in [0.1, 0.15) is 23.0 Å². The number of β-amino-alcohol motifs (C(OH)–C–C–N with tert-alkyl or cyclic N) is 1. The molecule has 106 valence electrons. The summed E-state index contributed by atoms with van der Waals surface area (Å²) < 4.78 is 10.3. The summed E-state index contributed by atoms with van der Waals surface area (Å²) in [5, 5.41) is 10.4. The maximum absolute atomic E-state index is 11.8. The normalized spacial score (nSPS) is 18.7. The molecule has 2 rings (SSSR count). The van der Waals surface area contributed by atoms with Gasteiger partial charge in [-0.2, -0.15) is 0 Å². The van der Waals surface area contributed by atoms with Crippen LogP contribution < -0.4 is 15.4 Å². The summed E-state index contributed by atoms with van der Waals surface area (Å²) in [7, 11) is 1.52. The fourth-order valence-electron chi connectivity index (χ4n) is 2.10. The fraction of sp³-hybridized carbons (Fsp3) is 0.583. The molecule has 6 nitrogen and oxygen atoms in total. The second kappa shape index (κ2) is 5.66. The summed E-state index contributed by atoms with van der Waals surface area (Å²) >= 11 is 1.25. The van der Waals surface area contributed by atoms with Gasteiger partial charge in [0.2, 0.25) is 0 Å². The minimum atomic E-state index is -0.436. The number of anilines is 2. The van der Waals surface area contributed by atoms with Crippen molar-refractivity contribution in [2.24, 2.45) is 0 Å². The number of thiophene rings is 1. The Bertz CT molecular complexity index is 475. The standard InChI is InChI=1S/C12H18N2O4S/c1-3-18-12(16)10-8(13)9(17-2)11(19-10)14-5-4-7(15)6-14/h7,15H,3-6,13H2,1-2H3. The number of carbonyl (C=O) groups is 1. The largest absolute Gasteiger partial charge is 0.492 e. The predicted molar refractivity (Wildman–Crippen MR) is 74.1 cm³/mol. The lowest BCUT2D eigenvalue weighted by Gasteiger charge is -2.16. The van der Waals surface area contributed by atoms with Crippen LogP contribution >= 0.6 is 11.3 Å². The monoisotopic (exact) mass is 286 g/mol. The highest BCUT2D eigenvalue weighted by Crippen LogP contribution is 2.45. The summed E-state index contributed by atoms with van der Waals surface area (Å²) in [4.78, 5) is 14.1. The second-order valence-corrected chi connectivity index (χ2v) is 5.29. The number of carbonyl (C=O) groups excluding carboxylic acids is 1. The number of rotatable bonds is 4. The van der Waals surface area contributed by atoms with Gasteiger partial charge in [-0.1, -0.05) is 0 Å². The van der Waals surface area contributed by atoms with Crippen LogP contribution in [0.15, 0.2) is 0 Å². The molecule has 19 heavy (non-hydrogen) atoms. The molecule has 1 aliphatic heterocycles. The number of nitrogens with two attached hydrogens (primary N) is 1. The van der Waals surface area contributed by atoms with Crippen molar-refractivity contribution in [2.75, 3.05) is 37.4 Å². The van der Waals surface area contributed by atoms with E-state index < -0.39 is 5.97 Å². The molecule has 1 aliphatic rings. The molecule has 1 saturated heterocycles. The van der Waals surface area contributed by atoms with E-state index in [1.165, 1.54) is 18.4 Å². The van der Waals surface area contributed by atoms with E-state index in [-0.39, 0.29) is 6.10 Å². The zero-order valence-electron chi connectivity index (χ0n) is 11.0. The molecule has 1 aromatic heterocycles. The molecule has 3 N–H and O–H groups in total. The SMILES string of the molecule is CCOC(=O)c1sc(N2CCC(O)C2)c(OC)c1N. The van der Waals surface area contributed by atoms with Crippen LogP contribution in [-0.2, 0) is 4.74 Å². The molecule has 0 radical (unpaired) electrons. The number of hydrogen-bond acceptors (Lipinski definition) is 7. The van der Waals surface area contributed by atoms with Crippen molar-refractivity contribution in [2.45, 2.75) is 19.4 Å². The maximum Gasteiger partial charge on any atom is 0.350 e. The topological polar surface area (TPSA) is 85.0 Å². The van der Waals surface area contributed by atoms with Gasteiger partial charge in [0.05, 0.1) is 19.8 Å². The van der Waals surface area contributed by atoms with Crippen molar-refractivity contribution < 1.29 is 19.4 Å². The van der Waals surface area contributed by atoms with E-state index in [0.29, 0.717) is 35.9 Å². The molecule has 7 heteroatoms. The van der Waals surface area contributed by atoms with Crippen molar-refractivity contribution >= 4 is 28.0 Å². The van der Waals surface area contributed by atoms with Crippen LogP contribution in [0.25, 0.3) is 0 Å². The molecule has 0 aromatic carbocycles. The third kappa shape index (κ3) is 2.62. The van der Waals surface area contributed by atoms with E-state index in [2.05, 4.69) is 0 Å². The van der Waals surface area contributed by atoms with Crippen molar-refractivity contribution in [1.29, 1.82) is 0 Å². The van der Waals surface area contributed by atoms with Gasteiger partial charge in [0.25, 0.3) is 0 Å². The van der Waals surface area contributed by atoms with E-state index in [1.54, 1.807) is 6.92 Å². The molecular formula is C12H18N2O4S. The zero-order valence-corrected chi connectivity index (χ0v) is 11.8. The molecule has 0 aliphatic carbocycles. The van der Waals surface area contributed by atoms with Crippen molar-refractivity contribution in [3.63, 3.8) is 0 Å². The van der Waals surface area contributed by atoms with Crippen LogP contribution in [0.4, 0.5) is 10.7 Å². The molecule has 0 bridgehead atoms. The lowest BCUT2D eigenvalue weighted by molar-refractivity contribution is 0.0533. The van der Waals surface area contributed by atoms with Gasteiger partial charge in [-0.3, -0.25) is 0 Å². The van der Waals surface area contributed by atoms with Gasteiger partial charge >= 0.3 is 5.97 Å². The Kier molecular flexibility index (Phi) is 4.16. The summed E-state index contributed by atoms with van der Waals surface area (Å²) in [6, 6.07) is 0. The molecule has 1 atom stereocenters. The van der Waals surface area contributed by atoms with Gasteiger partial charge in [-0.05, 0) is 13.3 Å². The second-order valence-electron chi connectivity index (χ2n) is 4.29. The number of ether oxygens (including phenoxy) is 2. The Morgan fingerprint density at radius 2 is 2.37 bits per heavy atom. The minimum absolute atomic E-state index is 0.302. The molecule has 1 unspecified atom stereocenters. The van der Waals surface area contributed by atoms with E-state index in [1.807, 2.05) is 4.90 Å². The summed E-state index contributed by atoms with van der Waals surface area (Å²) in [6.45, 7) is 3.30. The molecule has 0 spiro atoms. The third-order valence-electron chi connectivity index (χ3n) is 3.00. The minimum Gasteiger partial charge on any atom is -0.492 e. The first-order chi connectivity index (χ1) is 9.08. The van der Waals surface area contributed by atoms with Crippen LogP contribution in [0.2, 0.25) is 0 Å². The van der Waals surface area contributed by atoms with Gasteiger partial charge in [-0.25, -0.2) is 4.79 Å². The molecule has 0 saturated carbocycles. The maximum atomic E-state index is 11.8. The Balaban J connectivity index is 2.33. The number of hydrogen-bond donors (Lipinski definition) is 2. The molecule has 1 aromatic rings. The Morgan fingerprint density at radius 3 is 2.89 bits per heavy atom. The first-order valence-electron chi connectivity index (χ1n) is 6.14. The Morgan fingerprint density at radius 1 is 1.63 bits per heavy atom. The fourth-order valence-corrected chi connectivity index (χ4v) is 3.22. The first-order valence-corrected chi connectivity index (χ1v) is 6.96. The highest BCUT2D eigenvalue weighted by atomic mass is 32.1. The number of esters is 1. The van der Waals surface area contributed by atoms with Gasteiger partial charge < -0.3 is 25.2 Å². The van der Waals surface area contributed by atoms with E-state index in [9.17, 15) is 9.90 Å². The number of methoxy groups -OCH3 is 1. The quantitative estimate of drug-likeness (QED) is 0.806. The molecule has 0 amide bonds. The number of nitrogen functional groups attached to an aromatic ring is 1. The van der Waals surface area contributed by atoms with E-state index >= 15 is 0 Å². The predicted octanol–water partition coefficient (Wildman–Crippen LogP) is 1.09. The number of nitrogens with zero attached hydrogens (tertiary/aromatic N) is 1. The van der Waals surface area contributed by atoms with Crippen molar-refractivity contribution in [3.05, 3.63) is 4.88 Å². The van der Waals surface area contributed by atoms with Crippen molar-refractivity contribution in [3.8, 4) is 5.75 Å². The lowest BCUT2D eigenvalue weighted by Crippen LogP contribution is -2.20. The average molecular weight is 286 g/mol. The highest BCUT2D eigenvalue weighted by Gasteiger charge is 2.29. The lowest BCUT2D eigenvalue weighted by atomic mass is 10.3. The number of aliphatic hydroxyl groups excluding tert-OH is 1. The van der Waals surface area contributed by atoms with Gasteiger partial charge in [0.15, 0.2) is 5.75 Å². The van der Waals surface area contributed by atoms with E-state index in [0.717, 1.165) is 11.5 Å². The Hall–Kier alpha value is -1.47. The van der Waals surface area contributed by atoms with Gasteiger partial charge in [0, 0.05) is 13.1 Å². The van der Waals surface area contributed by atoms with Crippen molar-refractivity contribution in [1.82, 2.24) is 0 Å². The van der Waals surface area contributed by atoms with Crippen LogP contribution in [-0.4, -0.2) is 44.0 Å². The average Bonchev–Trinajstić information content (AvgIpc) is 2.93.